The third kappa shape index (κ3) is 3.35. The summed E-state index contributed by atoms with van der Waals surface area (Å²) in [5, 5.41) is 4.25. The van der Waals surface area contributed by atoms with Crippen molar-refractivity contribution in [3.05, 3.63) is 48.3 Å². The van der Waals surface area contributed by atoms with Crippen molar-refractivity contribution in [3.63, 3.8) is 0 Å². The molecular formula is C17H21N3OS. The summed E-state index contributed by atoms with van der Waals surface area (Å²) in [5.41, 5.74) is 1.14. The molecule has 2 aromatic rings. The molecule has 0 aliphatic carbocycles. The van der Waals surface area contributed by atoms with Gasteiger partial charge in [-0.1, -0.05) is 18.2 Å². The Labute approximate surface area is 135 Å². The highest BCUT2D eigenvalue weighted by molar-refractivity contribution is 8.00. The lowest BCUT2D eigenvalue weighted by molar-refractivity contribution is -0.132. The number of thioether (sulfide) groups is 1. The number of aryl methyl sites for hydroxylation is 1. The molecule has 1 saturated heterocycles. The molecule has 0 radical (unpaired) electrons. The molecule has 0 saturated carbocycles. The fourth-order valence-corrected chi connectivity index (χ4v) is 3.80. The number of carbonyl (C=O) groups excluding carboxylic acids is 1. The Morgan fingerprint density at radius 1 is 1.27 bits per heavy atom. The van der Waals surface area contributed by atoms with Crippen molar-refractivity contribution in [1.29, 1.82) is 0 Å². The monoisotopic (exact) mass is 315 g/mol. The lowest BCUT2D eigenvalue weighted by atomic mass is 9.99. The molecular weight excluding hydrogens is 294 g/mol. The van der Waals surface area contributed by atoms with Crippen molar-refractivity contribution in [2.45, 2.75) is 30.2 Å². The summed E-state index contributed by atoms with van der Waals surface area (Å²) in [6.07, 6.45) is 5.11. The summed E-state index contributed by atoms with van der Waals surface area (Å²) in [7, 11) is 1.95. The smallest absolute Gasteiger partial charge is 0.233 e. The summed E-state index contributed by atoms with van der Waals surface area (Å²) in [6, 6.07) is 12.3. The van der Waals surface area contributed by atoms with E-state index in [1.54, 1.807) is 11.8 Å². The number of nitrogens with zero attached hydrogens (tertiary/aromatic N) is 3. The highest BCUT2D eigenvalue weighted by Crippen LogP contribution is 2.31. The molecule has 0 spiro atoms. The van der Waals surface area contributed by atoms with Gasteiger partial charge in [0, 0.05) is 24.7 Å². The van der Waals surface area contributed by atoms with Crippen molar-refractivity contribution in [2.24, 2.45) is 7.05 Å². The summed E-state index contributed by atoms with van der Waals surface area (Å²) in [6.45, 7) is 0.851. The summed E-state index contributed by atoms with van der Waals surface area (Å²) in [5.74, 6) is 0.720. The zero-order valence-electron chi connectivity index (χ0n) is 12.8. The molecule has 1 aliphatic rings. The minimum absolute atomic E-state index is 0.171. The molecule has 1 fully saturated rings. The number of rotatable bonds is 4. The van der Waals surface area contributed by atoms with E-state index in [1.807, 2.05) is 59.2 Å². The Bertz CT molecular complexity index is 626. The number of benzene rings is 1. The van der Waals surface area contributed by atoms with Crippen LogP contribution in [0.15, 0.2) is 47.5 Å². The minimum atomic E-state index is 0.171. The van der Waals surface area contributed by atoms with E-state index in [9.17, 15) is 4.79 Å². The Morgan fingerprint density at radius 2 is 2.09 bits per heavy atom. The highest BCUT2D eigenvalue weighted by atomic mass is 32.2. The maximum atomic E-state index is 12.7. The predicted molar refractivity (Wildman–Crippen MR) is 88.7 cm³/mol. The zero-order valence-corrected chi connectivity index (χ0v) is 13.6. The van der Waals surface area contributed by atoms with E-state index in [0.29, 0.717) is 5.75 Å². The highest BCUT2D eigenvalue weighted by Gasteiger charge is 2.29. The van der Waals surface area contributed by atoms with Gasteiger partial charge in [0.1, 0.15) is 0 Å². The van der Waals surface area contributed by atoms with Crippen LogP contribution in [0.3, 0.4) is 0 Å². The number of likely N-dealkylation sites (tertiary alicyclic amines) is 1. The number of piperidine rings is 1. The molecule has 5 heteroatoms. The molecule has 22 heavy (non-hydrogen) atoms. The second-order valence-electron chi connectivity index (χ2n) is 5.58. The third-order valence-electron chi connectivity index (χ3n) is 4.13. The standard InChI is InChI=1S/C17H21N3OS/c1-19-15(10-11-18-19)16-9-5-6-12-20(16)17(21)13-22-14-7-3-2-4-8-14/h2-4,7-8,10-11,16H,5-6,9,12-13H2,1H3. The Kier molecular flexibility index (Phi) is 4.83. The largest absolute Gasteiger partial charge is 0.333 e. The van der Waals surface area contributed by atoms with Gasteiger partial charge >= 0.3 is 0 Å². The van der Waals surface area contributed by atoms with Gasteiger partial charge in [-0.15, -0.1) is 11.8 Å². The van der Waals surface area contributed by atoms with E-state index in [-0.39, 0.29) is 11.9 Å². The van der Waals surface area contributed by atoms with Crippen LogP contribution in [0.1, 0.15) is 31.0 Å². The van der Waals surface area contributed by atoms with E-state index in [2.05, 4.69) is 5.10 Å². The van der Waals surface area contributed by atoms with Gasteiger partial charge in [-0.25, -0.2) is 0 Å². The van der Waals surface area contributed by atoms with Gasteiger partial charge in [0.05, 0.1) is 17.5 Å². The van der Waals surface area contributed by atoms with E-state index in [0.717, 1.165) is 30.0 Å². The average molecular weight is 315 g/mol. The van der Waals surface area contributed by atoms with Gasteiger partial charge in [-0.2, -0.15) is 5.10 Å². The molecule has 1 atom stereocenters. The predicted octanol–water partition coefficient (Wildman–Crippen LogP) is 3.27. The van der Waals surface area contributed by atoms with Crippen LogP contribution < -0.4 is 0 Å². The van der Waals surface area contributed by atoms with Crippen molar-refractivity contribution < 1.29 is 4.79 Å². The summed E-state index contributed by atoms with van der Waals surface area (Å²) < 4.78 is 1.89. The Morgan fingerprint density at radius 3 is 2.82 bits per heavy atom. The van der Waals surface area contributed by atoms with Crippen LogP contribution in [0.4, 0.5) is 0 Å². The van der Waals surface area contributed by atoms with Crippen molar-refractivity contribution in [2.75, 3.05) is 12.3 Å². The van der Waals surface area contributed by atoms with Gasteiger partial charge in [-0.05, 0) is 37.5 Å². The lowest BCUT2D eigenvalue weighted by Crippen LogP contribution is -2.40. The fourth-order valence-electron chi connectivity index (χ4n) is 2.99. The van der Waals surface area contributed by atoms with Crippen molar-refractivity contribution in [3.8, 4) is 0 Å². The maximum absolute atomic E-state index is 12.7. The molecule has 3 rings (SSSR count). The third-order valence-corrected chi connectivity index (χ3v) is 5.13. The summed E-state index contributed by atoms with van der Waals surface area (Å²) >= 11 is 1.61. The van der Waals surface area contributed by atoms with Gasteiger partial charge in [0.25, 0.3) is 0 Å². The first-order valence-corrected chi connectivity index (χ1v) is 8.69. The van der Waals surface area contributed by atoms with Gasteiger partial charge in [0.15, 0.2) is 0 Å². The van der Waals surface area contributed by atoms with Crippen LogP contribution in [-0.4, -0.2) is 32.9 Å². The number of aromatic nitrogens is 2. The van der Waals surface area contributed by atoms with Crippen LogP contribution in [-0.2, 0) is 11.8 Å². The SMILES string of the molecule is Cn1nccc1C1CCCCN1C(=O)CSc1ccccc1. The van der Waals surface area contributed by atoms with E-state index < -0.39 is 0 Å². The molecule has 0 N–H and O–H groups in total. The quantitative estimate of drug-likeness (QED) is 0.813. The van der Waals surface area contributed by atoms with Crippen molar-refractivity contribution in [1.82, 2.24) is 14.7 Å². The van der Waals surface area contributed by atoms with Crippen LogP contribution in [0.5, 0.6) is 0 Å². The molecule has 1 unspecified atom stereocenters. The molecule has 1 amide bonds. The molecule has 4 nitrogen and oxygen atoms in total. The average Bonchev–Trinajstić information content (AvgIpc) is 2.99. The van der Waals surface area contributed by atoms with E-state index in [1.165, 1.54) is 6.42 Å². The number of amides is 1. The first-order valence-electron chi connectivity index (χ1n) is 7.71. The van der Waals surface area contributed by atoms with E-state index >= 15 is 0 Å². The molecule has 0 bridgehead atoms. The first kappa shape index (κ1) is 15.2. The van der Waals surface area contributed by atoms with Gasteiger partial charge < -0.3 is 4.90 Å². The molecule has 116 valence electrons. The minimum Gasteiger partial charge on any atom is -0.333 e. The second-order valence-corrected chi connectivity index (χ2v) is 6.63. The first-order chi connectivity index (χ1) is 10.8. The van der Waals surface area contributed by atoms with Crippen LogP contribution in [0.25, 0.3) is 0 Å². The number of hydrogen-bond acceptors (Lipinski definition) is 3. The Hall–Kier alpha value is -1.75. The van der Waals surface area contributed by atoms with E-state index in [4.69, 9.17) is 0 Å². The molecule has 1 aromatic heterocycles. The molecule has 2 heterocycles. The molecule has 1 aromatic carbocycles. The van der Waals surface area contributed by atoms with Gasteiger partial charge in [-0.3, -0.25) is 9.48 Å². The second kappa shape index (κ2) is 7.01. The zero-order chi connectivity index (χ0) is 15.4. The normalized spacial score (nSPS) is 18.4. The van der Waals surface area contributed by atoms with Crippen molar-refractivity contribution >= 4 is 17.7 Å². The Balaban J connectivity index is 1.68. The topological polar surface area (TPSA) is 38.1 Å². The maximum Gasteiger partial charge on any atom is 0.233 e. The lowest BCUT2D eigenvalue weighted by Gasteiger charge is -2.35. The fraction of sp³-hybridized carbons (Fsp3) is 0.412. The van der Waals surface area contributed by atoms with Gasteiger partial charge in [0.2, 0.25) is 5.91 Å². The number of hydrogen-bond donors (Lipinski definition) is 0. The van der Waals surface area contributed by atoms with Crippen LogP contribution >= 0.6 is 11.8 Å². The summed E-state index contributed by atoms with van der Waals surface area (Å²) in [4.78, 5) is 15.8. The molecule has 1 aliphatic heterocycles. The number of carbonyl (C=O) groups is 1. The van der Waals surface area contributed by atoms with Crippen LogP contribution in [0.2, 0.25) is 0 Å². The van der Waals surface area contributed by atoms with Crippen LogP contribution in [0, 0.1) is 0 Å².